The molecule has 0 amide bonds. The molecule has 1 heteroatoms. The Morgan fingerprint density at radius 2 is 2.27 bits per heavy atom. The highest BCUT2D eigenvalue weighted by Crippen LogP contribution is 2.26. The van der Waals surface area contributed by atoms with Crippen molar-refractivity contribution in [1.82, 2.24) is 0 Å². The Balaban J connectivity index is 2.04. The molecule has 1 saturated carbocycles. The number of carbonyl (C=O) groups excluding carboxylic acids is 1. The Bertz CT molecular complexity index is 129. The minimum absolute atomic E-state index is 0.492. The number of hydrogen-bond acceptors (Lipinski definition) is 1. The number of Topliss-reactive ketones (excluding diaryl/α,β-unsaturated/α-hetero) is 1. The van der Waals surface area contributed by atoms with Crippen molar-refractivity contribution in [2.75, 3.05) is 0 Å². The van der Waals surface area contributed by atoms with Crippen LogP contribution in [0.15, 0.2) is 0 Å². The highest BCUT2D eigenvalue weighted by atomic mass is 16.1. The van der Waals surface area contributed by atoms with Gasteiger partial charge in [-0.25, -0.2) is 0 Å². The summed E-state index contributed by atoms with van der Waals surface area (Å²) in [6, 6.07) is 0. The smallest absolute Gasteiger partial charge is 0.133 e. The van der Waals surface area contributed by atoms with Gasteiger partial charge in [-0.15, -0.1) is 0 Å². The van der Waals surface area contributed by atoms with Crippen molar-refractivity contribution in [1.29, 1.82) is 0 Å². The van der Waals surface area contributed by atoms with Gasteiger partial charge in [0, 0.05) is 12.8 Å². The minimum Gasteiger partial charge on any atom is -0.300 e. The summed E-state index contributed by atoms with van der Waals surface area (Å²) in [7, 11) is 0. The van der Waals surface area contributed by atoms with Crippen molar-refractivity contribution < 1.29 is 4.79 Å². The van der Waals surface area contributed by atoms with Crippen LogP contribution in [-0.2, 0) is 4.79 Å². The van der Waals surface area contributed by atoms with E-state index in [0.717, 1.165) is 18.8 Å². The second kappa shape index (κ2) is 4.53. The van der Waals surface area contributed by atoms with Gasteiger partial charge in [-0.3, -0.25) is 4.79 Å². The van der Waals surface area contributed by atoms with E-state index in [-0.39, 0.29) is 0 Å². The van der Waals surface area contributed by atoms with Gasteiger partial charge in [-0.1, -0.05) is 32.6 Å². The summed E-state index contributed by atoms with van der Waals surface area (Å²) in [6.07, 6.45) is 8.16. The summed E-state index contributed by atoms with van der Waals surface area (Å²) in [5, 5.41) is 0. The maximum absolute atomic E-state index is 10.9. The maximum atomic E-state index is 10.9. The first-order valence-corrected chi connectivity index (χ1v) is 4.84. The number of carbonyl (C=O) groups is 1. The molecule has 1 aliphatic carbocycles. The molecular formula is C10H18O. The van der Waals surface area contributed by atoms with Crippen LogP contribution >= 0.6 is 0 Å². The second-order valence-corrected chi connectivity index (χ2v) is 3.64. The Morgan fingerprint density at radius 3 is 2.82 bits per heavy atom. The number of rotatable bonds is 4. The Kier molecular flexibility index (Phi) is 3.61. The van der Waals surface area contributed by atoms with Gasteiger partial charge in [0.15, 0.2) is 0 Å². The maximum Gasteiger partial charge on any atom is 0.133 e. The van der Waals surface area contributed by atoms with Gasteiger partial charge in [0.25, 0.3) is 0 Å². The molecule has 0 aromatic rings. The normalized spacial score (nSPS) is 24.5. The van der Waals surface area contributed by atoms with Crippen LogP contribution in [0, 0.1) is 5.92 Å². The fraction of sp³-hybridized carbons (Fsp3) is 0.900. The number of hydrogen-bond donors (Lipinski definition) is 0. The van der Waals surface area contributed by atoms with E-state index in [4.69, 9.17) is 0 Å². The van der Waals surface area contributed by atoms with Gasteiger partial charge in [0.05, 0.1) is 0 Å². The highest BCUT2D eigenvalue weighted by molar-refractivity contribution is 5.80. The Labute approximate surface area is 69.2 Å². The topological polar surface area (TPSA) is 17.1 Å². The average Bonchev–Trinajstić information content (AvgIpc) is 2.37. The molecule has 0 radical (unpaired) electrons. The Morgan fingerprint density at radius 1 is 1.45 bits per heavy atom. The summed E-state index contributed by atoms with van der Waals surface area (Å²) >= 11 is 0. The standard InChI is InChI=1S/C10H18O/c1-2-3-4-5-9-6-7-10(11)8-9/h9H,2-8H2,1H3. The third-order valence-electron chi connectivity index (χ3n) is 2.56. The number of unbranched alkanes of at least 4 members (excludes halogenated alkanes) is 2. The number of ketones is 1. The van der Waals surface area contributed by atoms with Gasteiger partial charge < -0.3 is 0 Å². The molecule has 64 valence electrons. The first-order chi connectivity index (χ1) is 5.33. The van der Waals surface area contributed by atoms with E-state index in [2.05, 4.69) is 6.92 Å². The monoisotopic (exact) mass is 154 g/mol. The lowest BCUT2D eigenvalue weighted by Crippen LogP contribution is -1.94. The molecule has 1 unspecified atom stereocenters. The lowest BCUT2D eigenvalue weighted by Gasteiger charge is -2.05. The van der Waals surface area contributed by atoms with Crippen LogP contribution < -0.4 is 0 Å². The van der Waals surface area contributed by atoms with Crippen LogP contribution in [0.1, 0.15) is 51.9 Å². The second-order valence-electron chi connectivity index (χ2n) is 3.64. The van der Waals surface area contributed by atoms with E-state index in [9.17, 15) is 4.79 Å². The van der Waals surface area contributed by atoms with Crippen LogP contribution in [-0.4, -0.2) is 5.78 Å². The van der Waals surface area contributed by atoms with Gasteiger partial charge in [-0.05, 0) is 12.3 Å². The molecule has 1 atom stereocenters. The first-order valence-electron chi connectivity index (χ1n) is 4.84. The molecule has 11 heavy (non-hydrogen) atoms. The zero-order valence-corrected chi connectivity index (χ0v) is 7.44. The quantitative estimate of drug-likeness (QED) is 0.569. The molecule has 0 aromatic heterocycles. The fourth-order valence-electron chi connectivity index (χ4n) is 1.82. The van der Waals surface area contributed by atoms with Gasteiger partial charge in [0.1, 0.15) is 5.78 Å². The van der Waals surface area contributed by atoms with Gasteiger partial charge in [-0.2, -0.15) is 0 Å². The summed E-state index contributed by atoms with van der Waals surface area (Å²) in [5.41, 5.74) is 0. The third-order valence-corrected chi connectivity index (χ3v) is 2.56. The lowest BCUT2D eigenvalue weighted by molar-refractivity contribution is -0.117. The van der Waals surface area contributed by atoms with Crippen LogP contribution in [0.2, 0.25) is 0 Å². The first kappa shape index (κ1) is 8.76. The van der Waals surface area contributed by atoms with Crippen LogP contribution in [0.5, 0.6) is 0 Å². The molecule has 1 fully saturated rings. The van der Waals surface area contributed by atoms with Gasteiger partial charge in [0.2, 0.25) is 0 Å². The predicted octanol–water partition coefficient (Wildman–Crippen LogP) is 2.94. The molecule has 1 nitrogen and oxygen atoms in total. The van der Waals surface area contributed by atoms with Crippen molar-refractivity contribution in [2.24, 2.45) is 5.92 Å². The van der Waals surface area contributed by atoms with E-state index >= 15 is 0 Å². The summed E-state index contributed by atoms with van der Waals surface area (Å²) < 4.78 is 0. The largest absolute Gasteiger partial charge is 0.300 e. The van der Waals surface area contributed by atoms with E-state index in [1.165, 1.54) is 32.1 Å². The van der Waals surface area contributed by atoms with Crippen LogP contribution in [0.3, 0.4) is 0 Å². The molecular weight excluding hydrogens is 136 g/mol. The molecule has 1 aliphatic rings. The molecule has 1 rings (SSSR count). The third kappa shape index (κ3) is 3.04. The van der Waals surface area contributed by atoms with E-state index in [1.54, 1.807) is 0 Å². The van der Waals surface area contributed by atoms with Crippen LogP contribution in [0.4, 0.5) is 0 Å². The molecule has 0 saturated heterocycles. The zero-order valence-electron chi connectivity index (χ0n) is 7.44. The van der Waals surface area contributed by atoms with Crippen molar-refractivity contribution in [3.8, 4) is 0 Å². The summed E-state index contributed by atoms with van der Waals surface area (Å²) in [4.78, 5) is 10.9. The zero-order chi connectivity index (χ0) is 8.10. The molecule has 0 aromatic carbocycles. The summed E-state index contributed by atoms with van der Waals surface area (Å²) in [5.74, 6) is 1.24. The molecule has 0 heterocycles. The lowest BCUT2D eigenvalue weighted by atomic mass is 10.0. The fourth-order valence-corrected chi connectivity index (χ4v) is 1.82. The van der Waals surface area contributed by atoms with E-state index in [0.29, 0.717) is 5.78 Å². The molecule has 0 aliphatic heterocycles. The summed E-state index contributed by atoms with van der Waals surface area (Å²) in [6.45, 7) is 2.22. The average molecular weight is 154 g/mol. The molecule has 0 bridgehead atoms. The Hall–Kier alpha value is -0.330. The molecule has 0 N–H and O–H groups in total. The SMILES string of the molecule is CCCCCC1CCC(=O)C1. The van der Waals surface area contributed by atoms with Crippen LogP contribution in [0.25, 0.3) is 0 Å². The van der Waals surface area contributed by atoms with Gasteiger partial charge >= 0.3 is 0 Å². The van der Waals surface area contributed by atoms with Crippen molar-refractivity contribution in [3.63, 3.8) is 0 Å². The predicted molar refractivity (Wildman–Crippen MR) is 46.5 cm³/mol. The van der Waals surface area contributed by atoms with E-state index in [1.807, 2.05) is 0 Å². The van der Waals surface area contributed by atoms with Crippen molar-refractivity contribution in [3.05, 3.63) is 0 Å². The van der Waals surface area contributed by atoms with Crippen molar-refractivity contribution >= 4 is 5.78 Å². The van der Waals surface area contributed by atoms with Crippen molar-refractivity contribution in [2.45, 2.75) is 51.9 Å². The molecule has 0 spiro atoms. The van der Waals surface area contributed by atoms with E-state index < -0.39 is 0 Å². The highest BCUT2D eigenvalue weighted by Gasteiger charge is 2.20. The minimum atomic E-state index is 0.492.